The Morgan fingerprint density at radius 1 is 1.29 bits per heavy atom. The molecule has 0 N–H and O–H groups in total. The first-order valence-electron chi connectivity index (χ1n) is 8.04. The fourth-order valence-corrected chi connectivity index (χ4v) is 3.10. The molecule has 6 heteroatoms. The Labute approximate surface area is 147 Å². The summed E-state index contributed by atoms with van der Waals surface area (Å²) in [5, 5.41) is 0. The molecule has 2 unspecified atom stereocenters. The van der Waals surface area contributed by atoms with Gasteiger partial charge in [0.05, 0.1) is 5.56 Å². The van der Waals surface area contributed by atoms with E-state index in [4.69, 9.17) is 21.1 Å². The molecule has 5 nitrogen and oxygen atoms in total. The lowest BCUT2D eigenvalue weighted by Gasteiger charge is -2.27. The highest BCUT2D eigenvalue weighted by atomic mass is 35.5. The molecule has 0 aliphatic carbocycles. The zero-order chi connectivity index (χ0) is 17.9. The first-order valence-corrected chi connectivity index (χ1v) is 8.58. The fourth-order valence-electron chi connectivity index (χ4n) is 3.00. The second-order valence-electron chi connectivity index (χ2n) is 7.04. The summed E-state index contributed by atoms with van der Waals surface area (Å²) in [5.74, 6) is -0.379. The van der Waals surface area contributed by atoms with Crippen molar-refractivity contribution in [2.24, 2.45) is 0 Å². The SMILES string of the molecule is CC1CC(c2ccccc2C(=O)OCCl)CN1C(=O)OC(C)(C)C. The minimum Gasteiger partial charge on any atom is -0.446 e. The van der Waals surface area contributed by atoms with Gasteiger partial charge < -0.3 is 14.4 Å². The molecule has 1 fully saturated rings. The van der Waals surface area contributed by atoms with Crippen LogP contribution in [-0.4, -0.2) is 41.2 Å². The molecule has 24 heavy (non-hydrogen) atoms. The van der Waals surface area contributed by atoms with Crippen molar-refractivity contribution in [2.75, 3.05) is 12.6 Å². The van der Waals surface area contributed by atoms with E-state index in [-0.39, 0.29) is 24.1 Å². The second kappa shape index (κ2) is 7.43. The molecule has 1 aliphatic rings. The number of benzene rings is 1. The van der Waals surface area contributed by atoms with Gasteiger partial charge in [-0.25, -0.2) is 9.59 Å². The van der Waals surface area contributed by atoms with Crippen LogP contribution in [0.2, 0.25) is 0 Å². The van der Waals surface area contributed by atoms with Gasteiger partial charge in [0.1, 0.15) is 5.60 Å². The molecule has 1 saturated heterocycles. The lowest BCUT2D eigenvalue weighted by Crippen LogP contribution is -2.38. The van der Waals surface area contributed by atoms with E-state index in [1.165, 1.54) is 0 Å². The third-order valence-electron chi connectivity index (χ3n) is 4.01. The minimum absolute atomic E-state index is 0.0435. The number of hydrogen-bond acceptors (Lipinski definition) is 4. The van der Waals surface area contributed by atoms with E-state index in [9.17, 15) is 9.59 Å². The first kappa shape index (κ1) is 18.6. The van der Waals surface area contributed by atoms with Crippen molar-refractivity contribution in [1.29, 1.82) is 0 Å². The van der Waals surface area contributed by atoms with Gasteiger partial charge in [0.2, 0.25) is 0 Å². The number of ether oxygens (including phenoxy) is 2. The van der Waals surface area contributed by atoms with E-state index in [1.807, 2.05) is 39.8 Å². The highest BCUT2D eigenvalue weighted by Gasteiger charge is 2.37. The molecular formula is C18H24ClNO4. The third-order valence-corrected chi connectivity index (χ3v) is 4.12. The van der Waals surface area contributed by atoms with Gasteiger partial charge in [-0.2, -0.15) is 0 Å². The quantitative estimate of drug-likeness (QED) is 0.605. The van der Waals surface area contributed by atoms with Crippen LogP contribution in [0.25, 0.3) is 0 Å². The van der Waals surface area contributed by atoms with Gasteiger partial charge in [-0.05, 0) is 45.7 Å². The van der Waals surface area contributed by atoms with E-state index >= 15 is 0 Å². The van der Waals surface area contributed by atoms with Crippen LogP contribution >= 0.6 is 11.6 Å². The summed E-state index contributed by atoms with van der Waals surface area (Å²) in [6, 6.07) is 7.16. The van der Waals surface area contributed by atoms with Crippen LogP contribution in [0, 0.1) is 0 Å². The number of carbonyl (C=O) groups is 2. The van der Waals surface area contributed by atoms with Crippen LogP contribution in [0.1, 0.15) is 56.0 Å². The third kappa shape index (κ3) is 4.41. The second-order valence-corrected chi connectivity index (χ2v) is 7.26. The fraction of sp³-hybridized carbons (Fsp3) is 0.556. The Bertz CT molecular complexity index is 611. The van der Waals surface area contributed by atoms with Crippen molar-refractivity contribution in [2.45, 2.75) is 51.7 Å². The summed E-state index contributed by atoms with van der Waals surface area (Å²) < 4.78 is 10.4. The van der Waals surface area contributed by atoms with Crippen LogP contribution in [0.3, 0.4) is 0 Å². The Morgan fingerprint density at radius 2 is 1.96 bits per heavy atom. The number of hydrogen-bond donors (Lipinski definition) is 0. The summed E-state index contributed by atoms with van der Waals surface area (Å²) in [7, 11) is 0. The molecular weight excluding hydrogens is 330 g/mol. The van der Waals surface area contributed by atoms with Crippen molar-refractivity contribution in [3.63, 3.8) is 0 Å². The maximum Gasteiger partial charge on any atom is 0.410 e. The maximum absolute atomic E-state index is 12.4. The number of alkyl halides is 1. The molecule has 0 bridgehead atoms. The molecule has 1 aromatic carbocycles. The Hall–Kier alpha value is -1.75. The number of halogens is 1. The monoisotopic (exact) mass is 353 g/mol. The highest BCUT2D eigenvalue weighted by Crippen LogP contribution is 2.34. The van der Waals surface area contributed by atoms with Gasteiger partial charge in [-0.1, -0.05) is 29.8 Å². The molecule has 1 heterocycles. The predicted octanol–water partition coefficient (Wildman–Crippen LogP) is 4.15. The zero-order valence-electron chi connectivity index (χ0n) is 14.5. The summed E-state index contributed by atoms with van der Waals surface area (Å²) in [4.78, 5) is 26.2. The van der Waals surface area contributed by atoms with Gasteiger partial charge >= 0.3 is 12.1 Å². The van der Waals surface area contributed by atoms with Crippen LogP contribution in [0.4, 0.5) is 4.79 Å². The number of amides is 1. The normalized spacial score (nSPS) is 20.8. The smallest absolute Gasteiger partial charge is 0.410 e. The summed E-state index contributed by atoms with van der Waals surface area (Å²) in [5.41, 5.74) is 0.851. The maximum atomic E-state index is 12.4. The molecule has 0 radical (unpaired) electrons. The van der Waals surface area contributed by atoms with Crippen molar-refractivity contribution in [1.82, 2.24) is 4.90 Å². The largest absolute Gasteiger partial charge is 0.446 e. The highest BCUT2D eigenvalue weighted by molar-refractivity contribution is 6.17. The number of esters is 1. The standard InChI is InChI=1S/C18H24ClNO4/c1-12-9-13(10-20(12)17(22)24-18(2,3)4)14-7-5-6-8-15(14)16(21)23-11-19/h5-8,12-13H,9-11H2,1-4H3. The molecule has 1 amide bonds. The van der Waals surface area contributed by atoms with Crippen molar-refractivity contribution in [3.8, 4) is 0 Å². The van der Waals surface area contributed by atoms with E-state index in [0.717, 1.165) is 12.0 Å². The average Bonchev–Trinajstić information content (AvgIpc) is 2.88. The van der Waals surface area contributed by atoms with Crippen molar-refractivity contribution >= 4 is 23.7 Å². The zero-order valence-corrected chi connectivity index (χ0v) is 15.3. The first-order chi connectivity index (χ1) is 11.2. The Kier molecular flexibility index (Phi) is 5.75. The van der Waals surface area contributed by atoms with Crippen LogP contribution < -0.4 is 0 Å². The van der Waals surface area contributed by atoms with E-state index in [2.05, 4.69) is 0 Å². The lowest BCUT2D eigenvalue weighted by atomic mass is 9.92. The van der Waals surface area contributed by atoms with Crippen LogP contribution in [0.5, 0.6) is 0 Å². The van der Waals surface area contributed by atoms with E-state index in [1.54, 1.807) is 17.0 Å². The number of rotatable bonds is 3. The van der Waals surface area contributed by atoms with Crippen molar-refractivity contribution < 1.29 is 19.1 Å². The van der Waals surface area contributed by atoms with Gasteiger partial charge in [-0.3, -0.25) is 0 Å². The molecule has 0 saturated carbocycles. The summed E-state index contributed by atoms with van der Waals surface area (Å²) in [6.45, 7) is 8.05. The minimum atomic E-state index is -0.531. The lowest BCUT2D eigenvalue weighted by molar-refractivity contribution is 0.0237. The molecule has 132 valence electrons. The predicted molar refractivity (Wildman–Crippen MR) is 92.3 cm³/mol. The van der Waals surface area contributed by atoms with Crippen LogP contribution in [-0.2, 0) is 9.47 Å². The van der Waals surface area contributed by atoms with Gasteiger partial charge in [0, 0.05) is 18.5 Å². The molecule has 0 spiro atoms. The average molecular weight is 354 g/mol. The Balaban J connectivity index is 2.18. The molecule has 1 aliphatic heterocycles. The molecule has 2 atom stereocenters. The van der Waals surface area contributed by atoms with Gasteiger partial charge in [0.15, 0.2) is 6.07 Å². The number of nitrogens with zero attached hydrogens (tertiary/aromatic N) is 1. The van der Waals surface area contributed by atoms with Crippen molar-refractivity contribution in [3.05, 3.63) is 35.4 Å². The van der Waals surface area contributed by atoms with E-state index < -0.39 is 11.6 Å². The Morgan fingerprint density at radius 3 is 2.58 bits per heavy atom. The van der Waals surface area contributed by atoms with E-state index in [0.29, 0.717) is 12.1 Å². The van der Waals surface area contributed by atoms with Crippen LogP contribution in [0.15, 0.2) is 24.3 Å². The topological polar surface area (TPSA) is 55.8 Å². The number of likely N-dealkylation sites (tertiary alicyclic amines) is 1. The summed E-state index contributed by atoms with van der Waals surface area (Å²) >= 11 is 5.50. The van der Waals surface area contributed by atoms with Gasteiger partial charge in [0.25, 0.3) is 0 Å². The molecule has 0 aromatic heterocycles. The summed E-state index contributed by atoms with van der Waals surface area (Å²) in [6.07, 6.45) is 0.447. The molecule has 2 rings (SSSR count). The molecule has 1 aromatic rings. The number of carbonyl (C=O) groups excluding carboxylic acids is 2. The van der Waals surface area contributed by atoms with Gasteiger partial charge in [-0.15, -0.1) is 0 Å².